The van der Waals surface area contributed by atoms with Crippen LogP contribution in [0.15, 0.2) is 24.3 Å². The number of nitrogens with one attached hydrogen (secondary N) is 1. The third kappa shape index (κ3) is 3.84. The van der Waals surface area contributed by atoms with E-state index in [0.717, 1.165) is 11.8 Å². The van der Waals surface area contributed by atoms with Gasteiger partial charge in [-0.15, -0.1) is 0 Å². The van der Waals surface area contributed by atoms with Crippen LogP contribution in [0.25, 0.3) is 0 Å². The molecule has 0 amide bonds. The summed E-state index contributed by atoms with van der Waals surface area (Å²) in [5.41, 5.74) is 2.92. The second kappa shape index (κ2) is 6.94. The van der Waals surface area contributed by atoms with Gasteiger partial charge >= 0.3 is 0 Å². The van der Waals surface area contributed by atoms with Gasteiger partial charge in [-0.25, -0.2) is 0 Å². The molecule has 1 saturated carbocycles. The van der Waals surface area contributed by atoms with E-state index in [9.17, 15) is 0 Å². The van der Waals surface area contributed by atoms with Crippen LogP contribution < -0.4 is 5.32 Å². The maximum Gasteiger partial charge on any atom is -0.00178 e. The van der Waals surface area contributed by atoms with Crippen molar-refractivity contribution in [2.24, 2.45) is 11.8 Å². The topological polar surface area (TPSA) is 12.0 Å². The molecule has 2 rings (SSSR count). The Hall–Kier alpha value is -0.820. The minimum absolute atomic E-state index is 0.899. The summed E-state index contributed by atoms with van der Waals surface area (Å²) in [4.78, 5) is 0. The number of hydrogen-bond acceptors (Lipinski definition) is 1. The first-order chi connectivity index (χ1) is 8.79. The average Bonchev–Trinajstić information content (AvgIpc) is 2.77. The molecule has 1 fully saturated rings. The van der Waals surface area contributed by atoms with Gasteiger partial charge in [0.05, 0.1) is 0 Å². The van der Waals surface area contributed by atoms with Gasteiger partial charge in [-0.1, -0.05) is 43.2 Å². The molecule has 1 heteroatoms. The van der Waals surface area contributed by atoms with Gasteiger partial charge < -0.3 is 5.32 Å². The third-order valence-electron chi connectivity index (χ3n) is 4.23. The lowest BCUT2D eigenvalue weighted by atomic mass is 9.89. The largest absolute Gasteiger partial charge is 0.316 e. The molecule has 1 N–H and O–H groups in total. The molecule has 0 aliphatic heterocycles. The lowest BCUT2D eigenvalue weighted by Crippen LogP contribution is -2.26. The molecule has 0 bridgehead atoms. The average molecular weight is 245 g/mol. The molecule has 0 saturated heterocycles. The Morgan fingerprint density at radius 1 is 1.22 bits per heavy atom. The first kappa shape index (κ1) is 13.6. The zero-order valence-corrected chi connectivity index (χ0v) is 11.9. The summed E-state index contributed by atoms with van der Waals surface area (Å²) in [5, 5.41) is 3.60. The van der Waals surface area contributed by atoms with E-state index < -0.39 is 0 Å². The highest BCUT2D eigenvalue weighted by Crippen LogP contribution is 2.33. The van der Waals surface area contributed by atoms with E-state index in [0.29, 0.717) is 0 Å². The van der Waals surface area contributed by atoms with Crippen molar-refractivity contribution in [1.82, 2.24) is 5.32 Å². The van der Waals surface area contributed by atoms with Crippen molar-refractivity contribution in [1.29, 1.82) is 0 Å². The van der Waals surface area contributed by atoms with Crippen LogP contribution in [-0.4, -0.2) is 13.1 Å². The Labute approximate surface area is 112 Å². The molecule has 1 aliphatic carbocycles. The number of benzene rings is 1. The molecule has 1 nitrogen and oxygen atoms in total. The van der Waals surface area contributed by atoms with E-state index in [1.165, 1.54) is 56.3 Å². The predicted molar refractivity (Wildman–Crippen MR) is 78.9 cm³/mol. The lowest BCUT2D eigenvalue weighted by molar-refractivity contribution is 0.365. The normalized spacial score (nSPS) is 23.4. The quantitative estimate of drug-likeness (QED) is 0.748. The van der Waals surface area contributed by atoms with E-state index in [4.69, 9.17) is 0 Å². The number of hydrogen-bond donors (Lipinski definition) is 1. The molecule has 2 atom stereocenters. The van der Waals surface area contributed by atoms with Gasteiger partial charge in [0, 0.05) is 0 Å². The SMILES string of the molecule is CCCNCC1CCCC1Cc1cccc(C)c1. The highest BCUT2D eigenvalue weighted by Gasteiger charge is 2.26. The summed E-state index contributed by atoms with van der Waals surface area (Å²) >= 11 is 0. The first-order valence-corrected chi connectivity index (χ1v) is 7.56. The van der Waals surface area contributed by atoms with Crippen LogP contribution in [0.2, 0.25) is 0 Å². The van der Waals surface area contributed by atoms with Crippen molar-refractivity contribution in [2.75, 3.05) is 13.1 Å². The molecule has 0 spiro atoms. The molecule has 1 aromatic rings. The van der Waals surface area contributed by atoms with Crippen LogP contribution in [-0.2, 0) is 6.42 Å². The number of rotatable bonds is 6. The van der Waals surface area contributed by atoms with Crippen molar-refractivity contribution >= 4 is 0 Å². The molecule has 0 aromatic heterocycles. The minimum Gasteiger partial charge on any atom is -0.316 e. The van der Waals surface area contributed by atoms with Crippen LogP contribution in [0.5, 0.6) is 0 Å². The molecule has 100 valence electrons. The van der Waals surface area contributed by atoms with Gasteiger partial charge in [-0.3, -0.25) is 0 Å². The molecular formula is C17H27N. The summed E-state index contributed by atoms with van der Waals surface area (Å²) in [6, 6.07) is 9.04. The summed E-state index contributed by atoms with van der Waals surface area (Å²) in [5.74, 6) is 1.80. The summed E-state index contributed by atoms with van der Waals surface area (Å²) < 4.78 is 0. The fourth-order valence-electron chi connectivity index (χ4n) is 3.26. The maximum absolute atomic E-state index is 3.60. The highest BCUT2D eigenvalue weighted by molar-refractivity contribution is 5.22. The highest BCUT2D eigenvalue weighted by atomic mass is 14.9. The first-order valence-electron chi connectivity index (χ1n) is 7.56. The third-order valence-corrected chi connectivity index (χ3v) is 4.23. The smallest absolute Gasteiger partial charge is 0.00178 e. The van der Waals surface area contributed by atoms with E-state index in [-0.39, 0.29) is 0 Å². The van der Waals surface area contributed by atoms with Gasteiger partial charge in [0.25, 0.3) is 0 Å². The van der Waals surface area contributed by atoms with E-state index in [2.05, 4.69) is 43.4 Å². The predicted octanol–water partition coefficient (Wildman–Crippen LogP) is 3.95. The van der Waals surface area contributed by atoms with Crippen LogP contribution >= 0.6 is 0 Å². The van der Waals surface area contributed by atoms with Crippen molar-refractivity contribution in [2.45, 2.75) is 46.0 Å². The van der Waals surface area contributed by atoms with Crippen LogP contribution in [0.4, 0.5) is 0 Å². The van der Waals surface area contributed by atoms with Crippen LogP contribution in [0.1, 0.15) is 43.7 Å². The van der Waals surface area contributed by atoms with Crippen LogP contribution in [0.3, 0.4) is 0 Å². The van der Waals surface area contributed by atoms with E-state index in [1.807, 2.05) is 0 Å². The Bertz CT molecular complexity index is 358. The number of aryl methyl sites for hydroxylation is 1. The van der Waals surface area contributed by atoms with Crippen molar-refractivity contribution in [3.8, 4) is 0 Å². The van der Waals surface area contributed by atoms with Gasteiger partial charge in [-0.05, 0) is 63.1 Å². The summed E-state index contributed by atoms with van der Waals surface area (Å²) in [7, 11) is 0. The van der Waals surface area contributed by atoms with Crippen molar-refractivity contribution in [3.63, 3.8) is 0 Å². The van der Waals surface area contributed by atoms with Gasteiger partial charge in [0.15, 0.2) is 0 Å². The zero-order valence-electron chi connectivity index (χ0n) is 11.9. The molecule has 0 heterocycles. The fraction of sp³-hybridized carbons (Fsp3) is 0.647. The fourth-order valence-corrected chi connectivity index (χ4v) is 3.26. The van der Waals surface area contributed by atoms with Gasteiger partial charge in [0.2, 0.25) is 0 Å². The summed E-state index contributed by atoms with van der Waals surface area (Å²) in [6.07, 6.45) is 6.80. The molecule has 1 aliphatic rings. The monoisotopic (exact) mass is 245 g/mol. The minimum atomic E-state index is 0.899. The Morgan fingerprint density at radius 3 is 2.83 bits per heavy atom. The molecular weight excluding hydrogens is 218 g/mol. The molecule has 2 unspecified atom stereocenters. The molecule has 18 heavy (non-hydrogen) atoms. The standard InChI is InChI=1S/C17H27N/c1-3-10-18-13-17-9-5-8-16(17)12-15-7-4-6-14(2)11-15/h4,6-7,11,16-18H,3,5,8-10,12-13H2,1-2H3. The van der Waals surface area contributed by atoms with Gasteiger partial charge in [-0.2, -0.15) is 0 Å². The molecule has 1 aromatic carbocycles. The van der Waals surface area contributed by atoms with Crippen molar-refractivity contribution in [3.05, 3.63) is 35.4 Å². The second-order valence-electron chi connectivity index (χ2n) is 5.85. The maximum atomic E-state index is 3.60. The summed E-state index contributed by atoms with van der Waals surface area (Å²) in [6.45, 7) is 6.84. The van der Waals surface area contributed by atoms with E-state index in [1.54, 1.807) is 0 Å². The Balaban J connectivity index is 1.87. The Kier molecular flexibility index (Phi) is 5.25. The Morgan fingerprint density at radius 2 is 2.06 bits per heavy atom. The second-order valence-corrected chi connectivity index (χ2v) is 5.85. The zero-order chi connectivity index (χ0) is 12.8. The van der Waals surface area contributed by atoms with E-state index >= 15 is 0 Å². The lowest BCUT2D eigenvalue weighted by Gasteiger charge is -2.20. The van der Waals surface area contributed by atoms with Crippen LogP contribution in [0, 0.1) is 18.8 Å². The van der Waals surface area contributed by atoms with Gasteiger partial charge in [0.1, 0.15) is 0 Å². The molecule has 0 radical (unpaired) electrons. The van der Waals surface area contributed by atoms with Crippen molar-refractivity contribution < 1.29 is 0 Å².